The van der Waals surface area contributed by atoms with Gasteiger partial charge in [-0.15, -0.1) is 0 Å². The molecule has 64 valence electrons. The Morgan fingerprint density at radius 1 is 1.58 bits per heavy atom. The summed E-state index contributed by atoms with van der Waals surface area (Å²) in [6.07, 6.45) is 0. The fraction of sp³-hybridized carbons (Fsp3) is 0.125. The molecule has 1 aromatic rings. The average molecular weight is 169 g/mol. The molecule has 0 saturated heterocycles. The highest BCUT2D eigenvalue weighted by Crippen LogP contribution is 2.18. The number of ether oxygens (including phenoxy) is 1. The van der Waals surface area contributed by atoms with E-state index in [0.29, 0.717) is 0 Å². The Morgan fingerprint density at radius 2 is 2.25 bits per heavy atom. The fourth-order valence-corrected chi connectivity index (χ4v) is 0.826. The molecule has 1 aromatic carbocycles. The van der Waals surface area contributed by atoms with Crippen LogP contribution in [0.4, 0.5) is 4.39 Å². The van der Waals surface area contributed by atoms with E-state index in [-0.39, 0.29) is 5.75 Å². The highest BCUT2D eigenvalue weighted by atomic mass is 19.1. The number of rotatable bonds is 2. The predicted octanol–water partition coefficient (Wildman–Crippen LogP) is 0.198. The van der Waals surface area contributed by atoms with Gasteiger partial charge in [0.15, 0.2) is 11.6 Å². The van der Waals surface area contributed by atoms with E-state index in [1.807, 2.05) is 0 Å². The second kappa shape index (κ2) is 3.21. The molecule has 4 heteroatoms. The lowest BCUT2D eigenvalue weighted by Gasteiger charge is -2.06. The lowest BCUT2D eigenvalue weighted by Crippen LogP contribution is -2.23. The second-order valence-corrected chi connectivity index (χ2v) is 2.11. The van der Waals surface area contributed by atoms with Gasteiger partial charge < -0.3 is 14.6 Å². The van der Waals surface area contributed by atoms with Crippen LogP contribution in [0.2, 0.25) is 0 Å². The average Bonchev–Trinajstić information content (AvgIpc) is 2.04. The van der Waals surface area contributed by atoms with E-state index >= 15 is 0 Å². The summed E-state index contributed by atoms with van der Waals surface area (Å²) in [5.74, 6) is -2.55. The van der Waals surface area contributed by atoms with Crippen LogP contribution in [0, 0.1) is 5.82 Å². The van der Waals surface area contributed by atoms with Crippen molar-refractivity contribution in [2.75, 3.05) is 7.11 Å². The van der Waals surface area contributed by atoms with Crippen LogP contribution < -0.4 is 9.84 Å². The summed E-state index contributed by atoms with van der Waals surface area (Å²) in [5, 5.41) is 10.3. The first-order valence-electron chi connectivity index (χ1n) is 3.20. The minimum atomic E-state index is -1.55. The van der Waals surface area contributed by atoms with E-state index < -0.39 is 17.3 Å². The van der Waals surface area contributed by atoms with E-state index in [1.54, 1.807) is 0 Å². The minimum absolute atomic E-state index is 0.100. The number of hydrogen-bond acceptors (Lipinski definition) is 3. The molecular formula is C8H6FO3-. The molecule has 0 aliphatic rings. The summed E-state index contributed by atoms with van der Waals surface area (Å²) in [6.45, 7) is 0. The fourth-order valence-electron chi connectivity index (χ4n) is 0.826. The first kappa shape index (κ1) is 8.52. The zero-order valence-electron chi connectivity index (χ0n) is 6.33. The quantitative estimate of drug-likeness (QED) is 0.635. The van der Waals surface area contributed by atoms with Gasteiger partial charge in [-0.25, -0.2) is 4.39 Å². The molecule has 0 atom stereocenters. The van der Waals surface area contributed by atoms with Crippen molar-refractivity contribution in [1.29, 1.82) is 0 Å². The summed E-state index contributed by atoms with van der Waals surface area (Å²) in [7, 11) is 1.26. The summed E-state index contributed by atoms with van der Waals surface area (Å²) < 4.78 is 17.5. The number of carbonyl (C=O) groups excluding carboxylic acids is 1. The summed E-state index contributed by atoms with van der Waals surface area (Å²) in [5.41, 5.74) is -0.491. The van der Waals surface area contributed by atoms with E-state index in [2.05, 4.69) is 4.74 Å². The molecule has 0 N–H and O–H groups in total. The highest BCUT2D eigenvalue weighted by molar-refractivity contribution is 5.86. The van der Waals surface area contributed by atoms with Gasteiger partial charge in [0.2, 0.25) is 0 Å². The lowest BCUT2D eigenvalue weighted by atomic mass is 10.2. The van der Waals surface area contributed by atoms with Crippen LogP contribution in [0.3, 0.4) is 0 Å². The molecule has 0 amide bonds. The number of carboxylic acid groups (broad SMARTS) is 1. The number of halogens is 1. The Morgan fingerprint density at radius 3 is 2.75 bits per heavy atom. The van der Waals surface area contributed by atoms with Crippen molar-refractivity contribution in [3.8, 4) is 5.75 Å². The van der Waals surface area contributed by atoms with Crippen LogP contribution in [0.15, 0.2) is 18.2 Å². The van der Waals surface area contributed by atoms with Crippen LogP contribution in [-0.4, -0.2) is 13.1 Å². The molecule has 0 saturated carbocycles. The van der Waals surface area contributed by atoms with Crippen LogP contribution in [0.5, 0.6) is 5.75 Å². The van der Waals surface area contributed by atoms with Crippen molar-refractivity contribution >= 4 is 5.97 Å². The summed E-state index contributed by atoms with van der Waals surface area (Å²) in [4.78, 5) is 10.3. The van der Waals surface area contributed by atoms with E-state index in [1.165, 1.54) is 19.2 Å². The van der Waals surface area contributed by atoms with Crippen LogP contribution in [-0.2, 0) is 0 Å². The highest BCUT2D eigenvalue weighted by Gasteiger charge is 2.07. The van der Waals surface area contributed by atoms with Gasteiger partial charge in [0.1, 0.15) is 0 Å². The topological polar surface area (TPSA) is 49.4 Å². The Labute approximate surface area is 68.4 Å². The summed E-state index contributed by atoms with van der Waals surface area (Å²) >= 11 is 0. The molecule has 12 heavy (non-hydrogen) atoms. The molecule has 0 unspecified atom stereocenters. The number of hydrogen-bond donors (Lipinski definition) is 0. The number of carboxylic acids is 1. The summed E-state index contributed by atoms with van der Waals surface area (Å²) in [6, 6.07) is 3.84. The van der Waals surface area contributed by atoms with Gasteiger partial charge in [0.25, 0.3) is 0 Å². The maximum Gasteiger partial charge on any atom is 0.174 e. The van der Waals surface area contributed by atoms with Crippen molar-refractivity contribution in [3.63, 3.8) is 0 Å². The van der Waals surface area contributed by atoms with Crippen molar-refractivity contribution in [2.24, 2.45) is 0 Å². The zero-order chi connectivity index (χ0) is 9.14. The molecule has 0 bridgehead atoms. The van der Waals surface area contributed by atoms with Gasteiger partial charge in [0, 0.05) is 5.56 Å². The van der Waals surface area contributed by atoms with Crippen molar-refractivity contribution in [1.82, 2.24) is 0 Å². The van der Waals surface area contributed by atoms with Gasteiger partial charge in [-0.2, -0.15) is 0 Å². The number of carbonyl (C=O) groups is 1. The molecular weight excluding hydrogens is 163 g/mol. The van der Waals surface area contributed by atoms with Gasteiger partial charge in [-0.3, -0.25) is 0 Å². The number of benzene rings is 1. The van der Waals surface area contributed by atoms with Gasteiger partial charge in [-0.1, -0.05) is 6.07 Å². The molecule has 0 aromatic heterocycles. The standard InChI is InChI=1S/C8H7FO3/c1-12-6-4-2-3-5(7(6)9)8(10)11/h2-4H,1H3,(H,10,11)/p-1. The second-order valence-electron chi connectivity index (χ2n) is 2.11. The SMILES string of the molecule is COc1cccc(C(=O)[O-])c1F. The van der Waals surface area contributed by atoms with Crippen molar-refractivity contribution in [2.45, 2.75) is 0 Å². The smallest absolute Gasteiger partial charge is 0.174 e. The predicted molar refractivity (Wildman–Crippen MR) is 37.3 cm³/mol. The van der Waals surface area contributed by atoms with Crippen LogP contribution in [0.25, 0.3) is 0 Å². The third-order valence-electron chi connectivity index (χ3n) is 1.40. The van der Waals surface area contributed by atoms with E-state index in [0.717, 1.165) is 6.07 Å². The monoisotopic (exact) mass is 169 g/mol. The van der Waals surface area contributed by atoms with Gasteiger partial charge in [-0.05, 0) is 12.1 Å². The van der Waals surface area contributed by atoms with Gasteiger partial charge in [0.05, 0.1) is 13.1 Å². The number of aromatic carboxylic acids is 1. The zero-order valence-corrected chi connectivity index (χ0v) is 6.33. The Balaban J connectivity index is 3.23. The van der Waals surface area contributed by atoms with Crippen molar-refractivity contribution in [3.05, 3.63) is 29.6 Å². The third-order valence-corrected chi connectivity index (χ3v) is 1.40. The minimum Gasteiger partial charge on any atom is -0.545 e. The Hall–Kier alpha value is -1.58. The first-order chi connectivity index (χ1) is 5.66. The third kappa shape index (κ3) is 1.37. The molecule has 0 aliphatic heterocycles. The Kier molecular flexibility index (Phi) is 2.28. The van der Waals surface area contributed by atoms with E-state index in [4.69, 9.17) is 0 Å². The maximum atomic E-state index is 13.0. The molecule has 3 nitrogen and oxygen atoms in total. The molecule has 0 spiro atoms. The molecule has 0 aliphatic carbocycles. The lowest BCUT2D eigenvalue weighted by molar-refractivity contribution is -0.255. The van der Waals surface area contributed by atoms with Crippen molar-refractivity contribution < 1.29 is 19.0 Å². The maximum absolute atomic E-state index is 13.0. The molecule has 1 rings (SSSR count). The molecule has 0 radical (unpaired) electrons. The molecule has 0 fully saturated rings. The van der Waals surface area contributed by atoms with Crippen LogP contribution >= 0.6 is 0 Å². The normalized spacial score (nSPS) is 9.50. The van der Waals surface area contributed by atoms with E-state index in [9.17, 15) is 14.3 Å². The Bertz CT molecular complexity index is 309. The molecule has 0 heterocycles. The number of methoxy groups -OCH3 is 1. The van der Waals surface area contributed by atoms with Crippen LogP contribution in [0.1, 0.15) is 10.4 Å². The first-order valence-corrected chi connectivity index (χ1v) is 3.20. The largest absolute Gasteiger partial charge is 0.545 e. The van der Waals surface area contributed by atoms with Gasteiger partial charge >= 0.3 is 0 Å².